The lowest BCUT2D eigenvalue weighted by molar-refractivity contribution is -0.910. The van der Waals surface area contributed by atoms with Gasteiger partial charge in [0.05, 0.1) is 27.5 Å². The van der Waals surface area contributed by atoms with E-state index in [4.69, 9.17) is 16.6 Å². The fraction of sp³-hybridized carbons (Fsp3) is 0.263. The maximum Gasteiger partial charge on any atom is 0.279 e. The van der Waals surface area contributed by atoms with Crippen LogP contribution in [-0.2, 0) is 4.79 Å². The van der Waals surface area contributed by atoms with E-state index in [1.54, 1.807) is 11.3 Å². The molecule has 1 aromatic heterocycles. The molecule has 1 unspecified atom stereocenters. The van der Waals surface area contributed by atoms with Gasteiger partial charge in [0.1, 0.15) is 11.9 Å². The zero-order valence-corrected chi connectivity index (χ0v) is 15.5. The molecule has 7 heteroatoms. The Labute approximate surface area is 159 Å². The third kappa shape index (κ3) is 3.58. The Morgan fingerprint density at radius 2 is 2.19 bits per heavy atom. The first-order valence-corrected chi connectivity index (χ1v) is 9.74. The van der Waals surface area contributed by atoms with Gasteiger partial charge in [-0.1, -0.05) is 23.7 Å². The van der Waals surface area contributed by atoms with Crippen molar-refractivity contribution in [2.75, 3.05) is 18.4 Å². The molecule has 0 radical (unpaired) electrons. The van der Waals surface area contributed by atoms with Gasteiger partial charge < -0.3 is 10.2 Å². The van der Waals surface area contributed by atoms with Crippen molar-refractivity contribution in [2.45, 2.75) is 18.9 Å². The Morgan fingerprint density at radius 3 is 3.00 bits per heavy atom. The van der Waals surface area contributed by atoms with Crippen LogP contribution in [0.3, 0.4) is 0 Å². The quantitative estimate of drug-likeness (QED) is 0.716. The number of thiazole rings is 1. The normalized spacial score (nSPS) is 19.8. The van der Waals surface area contributed by atoms with Gasteiger partial charge in [0.15, 0.2) is 11.6 Å². The molecular weight excluding hydrogens is 373 g/mol. The van der Waals surface area contributed by atoms with E-state index in [1.807, 2.05) is 18.2 Å². The third-order valence-electron chi connectivity index (χ3n) is 4.68. The fourth-order valence-corrected chi connectivity index (χ4v) is 4.83. The summed E-state index contributed by atoms with van der Waals surface area (Å²) in [4.78, 5) is 18.4. The number of halogens is 2. The van der Waals surface area contributed by atoms with E-state index in [2.05, 4.69) is 11.4 Å². The van der Waals surface area contributed by atoms with Gasteiger partial charge in [-0.2, -0.15) is 0 Å². The van der Waals surface area contributed by atoms with Crippen molar-refractivity contribution in [3.8, 4) is 0 Å². The summed E-state index contributed by atoms with van der Waals surface area (Å²) in [5.41, 5.74) is 1.45. The second kappa shape index (κ2) is 7.31. The number of amides is 1. The number of rotatable bonds is 4. The van der Waals surface area contributed by atoms with Crippen molar-refractivity contribution in [1.29, 1.82) is 0 Å². The smallest absolute Gasteiger partial charge is 0.279 e. The van der Waals surface area contributed by atoms with E-state index in [9.17, 15) is 9.18 Å². The molecule has 1 saturated heterocycles. The third-order valence-corrected chi connectivity index (χ3v) is 6.15. The van der Waals surface area contributed by atoms with Crippen LogP contribution in [0.1, 0.15) is 23.9 Å². The van der Waals surface area contributed by atoms with E-state index in [0.29, 0.717) is 12.2 Å². The van der Waals surface area contributed by atoms with E-state index in [-0.39, 0.29) is 17.0 Å². The second-order valence-electron chi connectivity index (χ2n) is 6.47. The number of carbonyl (C=O) groups excluding carboxylic acids is 1. The summed E-state index contributed by atoms with van der Waals surface area (Å²) in [5.74, 6) is -0.546. The number of hydrogen-bond donors (Lipinski definition) is 2. The van der Waals surface area contributed by atoms with Gasteiger partial charge in [-0.15, -0.1) is 11.3 Å². The Balaban J connectivity index is 1.47. The van der Waals surface area contributed by atoms with Crippen LogP contribution in [0.25, 0.3) is 10.2 Å². The average Bonchev–Trinajstić information content (AvgIpc) is 3.23. The minimum Gasteiger partial charge on any atom is -0.320 e. The summed E-state index contributed by atoms with van der Waals surface area (Å²) < 4.78 is 14.3. The number of benzene rings is 2. The molecule has 1 aliphatic rings. The van der Waals surface area contributed by atoms with Crippen molar-refractivity contribution in [2.24, 2.45) is 0 Å². The Bertz CT molecular complexity index is 928. The highest BCUT2D eigenvalue weighted by Crippen LogP contribution is 2.28. The topological polar surface area (TPSA) is 46.4 Å². The van der Waals surface area contributed by atoms with Gasteiger partial charge in [-0.3, -0.25) is 4.79 Å². The number of likely N-dealkylation sites (tertiary alicyclic amines) is 1. The van der Waals surface area contributed by atoms with Crippen molar-refractivity contribution in [1.82, 2.24) is 4.98 Å². The molecular formula is C19H18ClFN3OS+. The fourth-order valence-electron chi connectivity index (χ4n) is 3.45. The van der Waals surface area contributed by atoms with E-state index >= 15 is 0 Å². The van der Waals surface area contributed by atoms with Crippen LogP contribution in [0.2, 0.25) is 5.02 Å². The zero-order valence-electron chi connectivity index (χ0n) is 14.0. The number of anilines is 1. The number of nitrogens with one attached hydrogen (secondary N) is 2. The minimum absolute atomic E-state index is 0.124. The predicted molar refractivity (Wildman–Crippen MR) is 102 cm³/mol. The molecule has 1 aliphatic heterocycles. The highest BCUT2D eigenvalue weighted by molar-refractivity contribution is 7.18. The molecule has 0 spiro atoms. The summed E-state index contributed by atoms with van der Waals surface area (Å²) in [5, 5.41) is 4.08. The van der Waals surface area contributed by atoms with Crippen molar-refractivity contribution in [3.63, 3.8) is 0 Å². The van der Waals surface area contributed by atoms with Crippen LogP contribution in [-0.4, -0.2) is 24.0 Å². The number of nitrogens with zero attached hydrogens (tertiary/aromatic N) is 1. The number of fused-ring (bicyclic) bond motifs is 1. The van der Waals surface area contributed by atoms with Gasteiger partial charge in [0, 0.05) is 12.8 Å². The summed E-state index contributed by atoms with van der Waals surface area (Å²) in [7, 11) is 0. The summed E-state index contributed by atoms with van der Waals surface area (Å²) in [6, 6.07) is 12.3. The lowest BCUT2D eigenvalue weighted by Gasteiger charge is -2.19. The van der Waals surface area contributed by atoms with Crippen LogP contribution < -0.4 is 10.2 Å². The molecule has 134 valence electrons. The molecule has 0 bridgehead atoms. The van der Waals surface area contributed by atoms with Crippen LogP contribution in [0.5, 0.6) is 0 Å². The standard InChI is InChI=1S/C19H17ClFN3OS/c20-13-10-12(21)7-8-14(13)22-18(25)11-24-9-3-5-16(24)19-23-15-4-1-2-6-17(15)26-19/h1-2,4,6-8,10,16H,3,5,9,11H2,(H,22,25)/p+1/t16-/m0/s1. The van der Waals surface area contributed by atoms with Gasteiger partial charge >= 0.3 is 0 Å². The molecule has 2 N–H and O–H groups in total. The van der Waals surface area contributed by atoms with Crippen LogP contribution in [0, 0.1) is 5.82 Å². The van der Waals surface area contributed by atoms with Crippen molar-refractivity contribution < 1.29 is 14.1 Å². The van der Waals surface area contributed by atoms with Crippen molar-refractivity contribution in [3.05, 3.63) is 58.3 Å². The zero-order chi connectivity index (χ0) is 18.1. The Kier molecular flexibility index (Phi) is 4.89. The lowest BCUT2D eigenvalue weighted by atomic mass is 10.2. The maximum atomic E-state index is 13.1. The van der Waals surface area contributed by atoms with E-state index in [0.717, 1.165) is 29.9 Å². The van der Waals surface area contributed by atoms with Crippen LogP contribution in [0.4, 0.5) is 10.1 Å². The number of quaternary nitrogens is 1. The molecule has 0 saturated carbocycles. The number of para-hydroxylation sites is 1. The van der Waals surface area contributed by atoms with E-state index in [1.165, 1.54) is 27.8 Å². The number of hydrogen-bond acceptors (Lipinski definition) is 3. The Morgan fingerprint density at radius 1 is 1.35 bits per heavy atom. The first-order chi connectivity index (χ1) is 12.6. The molecule has 1 fully saturated rings. The predicted octanol–water partition coefficient (Wildman–Crippen LogP) is 3.45. The second-order valence-corrected chi connectivity index (χ2v) is 7.94. The summed E-state index contributed by atoms with van der Waals surface area (Å²) in [6.07, 6.45) is 2.10. The van der Waals surface area contributed by atoms with Gasteiger partial charge in [-0.25, -0.2) is 9.37 Å². The Hall–Kier alpha value is -2.02. The minimum atomic E-state index is -0.422. The molecule has 3 aromatic rings. The summed E-state index contributed by atoms with van der Waals surface area (Å²) >= 11 is 7.70. The van der Waals surface area contributed by atoms with Gasteiger partial charge in [0.2, 0.25) is 0 Å². The van der Waals surface area contributed by atoms with Gasteiger partial charge in [-0.05, 0) is 30.3 Å². The monoisotopic (exact) mass is 390 g/mol. The van der Waals surface area contributed by atoms with Crippen LogP contribution >= 0.6 is 22.9 Å². The molecule has 4 nitrogen and oxygen atoms in total. The average molecular weight is 391 g/mol. The van der Waals surface area contributed by atoms with Gasteiger partial charge in [0.25, 0.3) is 5.91 Å². The largest absolute Gasteiger partial charge is 0.320 e. The molecule has 2 heterocycles. The number of carbonyl (C=O) groups is 1. The SMILES string of the molecule is O=C(C[NH+]1CCC[C@H]1c1nc2ccccc2s1)Nc1ccc(F)cc1Cl. The molecule has 4 rings (SSSR count). The highest BCUT2D eigenvalue weighted by atomic mass is 35.5. The van der Waals surface area contributed by atoms with E-state index < -0.39 is 5.82 Å². The maximum absolute atomic E-state index is 13.1. The molecule has 26 heavy (non-hydrogen) atoms. The molecule has 2 aromatic carbocycles. The molecule has 2 atom stereocenters. The van der Waals surface area contributed by atoms with Crippen LogP contribution in [0.15, 0.2) is 42.5 Å². The first kappa shape index (κ1) is 17.4. The lowest BCUT2D eigenvalue weighted by Crippen LogP contribution is -3.11. The van der Waals surface area contributed by atoms with Crippen molar-refractivity contribution >= 4 is 44.7 Å². The highest BCUT2D eigenvalue weighted by Gasteiger charge is 2.34. The summed E-state index contributed by atoms with van der Waals surface area (Å²) in [6.45, 7) is 1.28. The first-order valence-electron chi connectivity index (χ1n) is 8.55. The molecule has 1 amide bonds. The number of aromatic nitrogens is 1. The molecule has 0 aliphatic carbocycles.